The van der Waals surface area contributed by atoms with E-state index in [0.29, 0.717) is 22.9 Å². The number of methoxy groups -OCH3 is 2. The largest absolute Gasteiger partial charge is 0.497 e. The van der Waals surface area contributed by atoms with Crippen LogP contribution in [0.15, 0.2) is 78.9 Å². The Kier molecular flexibility index (Phi) is 6.77. The molecule has 3 aromatic rings. The number of hydrogen-bond donors (Lipinski definition) is 1. The van der Waals surface area contributed by atoms with Crippen LogP contribution in [0.2, 0.25) is 0 Å². The Labute approximate surface area is 197 Å². The quantitative estimate of drug-likeness (QED) is 0.513. The first-order valence-corrected chi connectivity index (χ1v) is 10.8. The lowest BCUT2D eigenvalue weighted by Gasteiger charge is -2.22. The van der Waals surface area contributed by atoms with Crippen LogP contribution in [0.25, 0.3) is 0 Å². The molecular weight excluding hydrogens is 434 g/mol. The Bertz CT molecular complexity index is 1180. The molecule has 1 heterocycles. The van der Waals surface area contributed by atoms with E-state index in [2.05, 4.69) is 5.32 Å². The lowest BCUT2D eigenvalue weighted by Crippen LogP contribution is -2.37. The number of hydrogen-bond acceptors (Lipinski definition) is 5. The highest BCUT2D eigenvalue weighted by Gasteiger charge is 2.46. The average Bonchev–Trinajstić information content (AvgIpc) is 3.09. The summed E-state index contributed by atoms with van der Waals surface area (Å²) in [6.45, 7) is 0.158. The van der Waals surface area contributed by atoms with Gasteiger partial charge in [-0.05, 0) is 54.1 Å². The number of urea groups is 1. The molecule has 1 N–H and O–H groups in total. The molecule has 1 saturated heterocycles. The Morgan fingerprint density at radius 1 is 0.882 bits per heavy atom. The molecule has 34 heavy (non-hydrogen) atoms. The molecule has 1 atom stereocenters. The minimum Gasteiger partial charge on any atom is -0.497 e. The third kappa shape index (κ3) is 4.85. The van der Waals surface area contributed by atoms with Crippen molar-refractivity contribution in [3.63, 3.8) is 0 Å². The van der Waals surface area contributed by atoms with E-state index in [-0.39, 0.29) is 18.9 Å². The molecule has 1 fully saturated rings. The van der Waals surface area contributed by atoms with Crippen molar-refractivity contribution in [2.24, 2.45) is 0 Å². The summed E-state index contributed by atoms with van der Waals surface area (Å²) < 4.78 is 10.4. The number of rotatable bonds is 8. The van der Waals surface area contributed by atoms with Crippen molar-refractivity contribution < 1.29 is 23.9 Å². The second-order valence-electron chi connectivity index (χ2n) is 7.77. The SMILES string of the molecule is COc1ccc(NC(=O)CC2C(=O)N(c3ccccc3)C(=O)N2Cc2cccc(OC)c2)cc1. The summed E-state index contributed by atoms with van der Waals surface area (Å²) >= 11 is 0. The van der Waals surface area contributed by atoms with Crippen molar-refractivity contribution in [2.45, 2.75) is 19.0 Å². The van der Waals surface area contributed by atoms with Crippen LogP contribution in [0.5, 0.6) is 11.5 Å². The van der Waals surface area contributed by atoms with Crippen LogP contribution >= 0.6 is 0 Å². The fraction of sp³-hybridized carbons (Fsp3) is 0.192. The molecule has 0 saturated carbocycles. The van der Waals surface area contributed by atoms with E-state index in [1.165, 1.54) is 4.90 Å². The van der Waals surface area contributed by atoms with Crippen LogP contribution in [-0.4, -0.2) is 43.0 Å². The van der Waals surface area contributed by atoms with Crippen molar-refractivity contribution in [2.75, 3.05) is 24.4 Å². The summed E-state index contributed by atoms with van der Waals surface area (Å²) in [4.78, 5) is 42.1. The standard InChI is InChI=1S/C26H25N3O5/c1-33-21-13-11-19(12-14-21)27-24(30)16-23-25(31)29(20-8-4-3-5-9-20)26(32)28(23)17-18-7-6-10-22(15-18)34-2/h3-15,23H,16-17H2,1-2H3,(H,27,30). The molecule has 8 nitrogen and oxygen atoms in total. The van der Waals surface area contributed by atoms with Gasteiger partial charge in [-0.25, -0.2) is 9.69 Å². The van der Waals surface area contributed by atoms with Crippen LogP contribution < -0.4 is 19.7 Å². The van der Waals surface area contributed by atoms with E-state index in [4.69, 9.17) is 9.47 Å². The lowest BCUT2D eigenvalue weighted by molar-refractivity contribution is -0.124. The topological polar surface area (TPSA) is 88.2 Å². The van der Waals surface area contributed by atoms with Crippen molar-refractivity contribution >= 4 is 29.2 Å². The smallest absolute Gasteiger partial charge is 0.332 e. The molecule has 0 spiro atoms. The van der Waals surface area contributed by atoms with Crippen molar-refractivity contribution in [1.29, 1.82) is 0 Å². The van der Waals surface area contributed by atoms with E-state index in [9.17, 15) is 14.4 Å². The predicted octanol–water partition coefficient (Wildman–Crippen LogP) is 4.07. The van der Waals surface area contributed by atoms with Crippen LogP contribution in [-0.2, 0) is 16.1 Å². The fourth-order valence-corrected chi connectivity index (χ4v) is 3.86. The zero-order valence-corrected chi connectivity index (χ0v) is 18.9. The Morgan fingerprint density at radius 2 is 1.59 bits per heavy atom. The van der Waals surface area contributed by atoms with E-state index in [0.717, 1.165) is 10.5 Å². The number of imide groups is 1. The van der Waals surface area contributed by atoms with E-state index >= 15 is 0 Å². The first kappa shape index (κ1) is 22.8. The van der Waals surface area contributed by atoms with E-state index in [1.807, 2.05) is 18.2 Å². The number of para-hydroxylation sites is 1. The summed E-state index contributed by atoms with van der Waals surface area (Å²) in [5.41, 5.74) is 1.82. The summed E-state index contributed by atoms with van der Waals surface area (Å²) in [6.07, 6.45) is -0.177. The molecule has 8 heteroatoms. The number of amides is 4. The van der Waals surface area contributed by atoms with Crippen molar-refractivity contribution in [1.82, 2.24) is 4.90 Å². The number of anilines is 2. The molecule has 1 aliphatic heterocycles. The zero-order valence-electron chi connectivity index (χ0n) is 18.9. The van der Waals surface area contributed by atoms with Gasteiger partial charge in [0, 0.05) is 12.2 Å². The van der Waals surface area contributed by atoms with E-state index in [1.54, 1.807) is 74.9 Å². The number of carbonyl (C=O) groups is 3. The first-order chi connectivity index (χ1) is 16.5. The van der Waals surface area contributed by atoms with Crippen molar-refractivity contribution in [3.8, 4) is 11.5 Å². The third-order valence-electron chi connectivity index (χ3n) is 5.57. The number of carbonyl (C=O) groups excluding carboxylic acids is 3. The van der Waals surface area contributed by atoms with Crippen LogP contribution in [0.3, 0.4) is 0 Å². The number of ether oxygens (including phenoxy) is 2. The summed E-state index contributed by atoms with van der Waals surface area (Å²) in [6, 6.07) is 21.4. The molecule has 0 aliphatic carbocycles. The fourth-order valence-electron chi connectivity index (χ4n) is 3.86. The van der Waals surface area contributed by atoms with E-state index < -0.39 is 18.0 Å². The minimum atomic E-state index is -0.947. The van der Waals surface area contributed by atoms with Gasteiger partial charge in [0.1, 0.15) is 17.5 Å². The highest BCUT2D eigenvalue weighted by Crippen LogP contribution is 2.29. The molecular formula is C26H25N3O5. The highest BCUT2D eigenvalue weighted by atomic mass is 16.5. The van der Waals surface area contributed by atoms with Gasteiger partial charge in [-0.15, -0.1) is 0 Å². The van der Waals surface area contributed by atoms with Gasteiger partial charge >= 0.3 is 6.03 Å². The van der Waals surface area contributed by atoms with Gasteiger partial charge in [0.05, 0.1) is 26.3 Å². The lowest BCUT2D eigenvalue weighted by atomic mass is 10.1. The molecule has 4 amide bonds. The highest BCUT2D eigenvalue weighted by molar-refractivity contribution is 6.22. The van der Waals surface area contributed by atoms with Crippen molar-refractivity contribution in [3.05, 3.63) is 84.4 Å². The maximum Gasteiger partial charge on any atom is 0.332 e. The van der Waals surface area contributed by atoms with Crippen LogP contribution in [0.1, 0.15) is 12.0 Å². The van der Waals surface area contributed by atoms with Crippen LogP contribution in [0, 0.1) is 0 Å². The summed E-state index contributed by atoms with van der Waals surface area (Å²) in [7, 11) is 3.12. The first-order valence-electron chi connectivity index (χ1n) is 10.8. The van der Waals surface area contributed by atoms with Crippen LogP contribution in [0.4, 0.5) is 16.2 Å². The van der Waals surface area contributed by atoms with Gasteiger partial charge < -0.3 is 19.7 Å². The molecule has 1 unspecified atom stereocenters. The molecule has 0 aromatic heterocycles. The Hall–Kier alpha value is -4.33. The molecule has 174 valence electrons. The average molecular weight is 460 g/mol. The second-order valence-corrected chi connectivity index (χ2v) is 7.77. The van der Waals surface area contributed by atoms with Gasteiger partial charge in [-0.2, -0.15) is 0 Å². The van der Waals surface area contributed by atoms with Gasteiger partial charge in [-0.3, -0.25) is 9.59 Å². The number of nitrogens with zero attached hydrogens (tertiary/aromatic N) is 2. The second kappa shape index (κ2) is 10.1. The van der Waals surface area contributed by atoms with Gasteiger partial charge in [0.2, 0.25) is 5.91 Å². The summed E-state index contributed by atoms with van der Waals surface area (Å²) in [5.74, 6) is 0.493. The molecule has 3 aromatic carbocycles. The molecule has 0 radical (unpaired) electrons. The van der Waals surface area contributed by atoms with Gasteiger partial charge in [0.15, 0.2) is 0 Å². The maximum absolute atomic E-state index is 13.4. The zero-order chi connectivity index (χ0) is 24.1. The monoisotopic (exact) mass is 459 g/mol. The Balaban J connectivity index is 1.58. The number of nitrogens with one attached hydrogen (secondary N) is 1. The maximum atomic E-state index is 13.4. The third-order valence-corrected chi connectivity index (χ3v) is 5.57. The van der Waals surface area contributed by atoms with Gasteiger partial charge in [-0.1, -0.05) is 30.3 Å². The number of benzene rings is 3. The summed E-state index contributed by atoms with van der Waals surface area (Å²) in [5, 5.41) is 2.79. The normalized spacial score (nSPS) is 15.4. The molecule has 4 rings (SSSR count). The Morgan fingerprint density at radius 3 is 2.26 bits per heavy atom. The molecule has 0 bridgehead atoms. The molecule has 1 aliphatic rings. The van der Waals surface area contributed by atoms with Gasteiger partial charge in [0.25, 0.3) is 5.91 Å². The predicted molar refractivity (Wildman–Crippen MR) is 128 cm³/mol. The minimum absolute atomic E-state index is 0.158.